The number of hydrogen-bond acceptors (Lipinski definition) is 3. The molecule has 0 fully saturated rings. The summed E-state index contributed by atoms with van der Waals surface area (Å²) < 4.78 is 0. The number of pyridine rings is 1. The summed E-state index contributed by atoms with van der Waals surface area (Å²) in [6.07, 6.45) is 0. The average Bonchev–Trinajstić information content (AvgIpc) is 2.74. The second kappa shape index (κ2) is 7.81. The number of rotatable bonds is 5. The van der Waals surface area contributed by atoms with E-state index in [0.29, 0.717) is 12.2 Å². The van der Waals surface area contributed by atoms with Crippen molar-refractivity contribution in [2.24, 2.45) is 0 Å². The number of para-hydroxylation sites is 1. The Kier molecular flexibility index (Phi) is 4.90. The van der Waals surface area contributed by atoms with Crippen LogP contribution in [0.1, 0.15) is 15.9 Å². The van der Waals surface area contributed by atoms with E-state index in [9.17, 15) is 4.79 Å². The minimum atomic E-state index is -0.290. The predicted molar refractivity (Wildman–Crippen MR) is 106 cm³/mol. The average molecular weight is 354 g/mol. The molecule has 0 saturated heterocycles. The molecule has 1 aromatic heterocycles. The van der Waals surface area contributed by atoms with Crippen molar-refractivity contribution in [1.29, 1.82) is 0 Å². The third-order valence-electron chi connectivity index (χ3n) is 4.28. The van der Waals surface area contributed by atoms with Crippen LogP contribution in [0.15, 0.2) is 91.0 Å². The Morgan fingerprint density at radius 3 is 2.30 bits per heavy atom. The van der Waals surface area contributed by atoms with Crippen molar-refractivity contribution in [2.75, 3.05) is 0 Å². The zero-order valence-corrected chi connectivity index (χ0v) is 14.6. The second-order valence-electron chi connectivity index (χ2n) is 6.14. The Labute approximate surface area is 157 Å². The lowest BCUT2D eigenvalue weighted by molar-refractivity contribution is 0.0235. The standard InChI is InChI=1S/C23H18N2O2/c26-23(25-27-16-17-9-3-1-4-10-17)20-15-22(18-11-5-2-6-12-18)24-21-14-8-7-13-19(20)21/h1-15H,16H2,(H,25,26). The third-order valence-corrected chi connectivity index (χ3v) is 4.28. The molecular weight excluding hydrogens is 336 g/mol. The number of fused-ring (bicyclic) bond motifs is 1. The molecule has 4 heteroatoms. The van der Waals surface area contributed by atoms with Gasteiger partial charge in [-0.15, -0.1) is 0 Å². The smallest absolute Gasteiger partial charge is 0.269 e. The third kappa shape index (κ3) is 3.86. The summed E-state index contributed by atoms with van der Waals surface area (Å²) >= 11 is 0. The predicted octanol–water partition coefficient (Wildman–Crippen LogP) is 4.76. The fourth-order valence-electron chi connectivity index (χ4n) is 2.93. The molecule has 0 atom stereocenters. The van der Waals surface area contributed by atoms with Crippen LogP contribution in [-0.2, 0) is 11.4 Å². The molecule has 0 bridgehead atoms. The highest BCUT2D eigenvalue weighted by Crippen LogP contribution is 2.24. The van der Waals surface area contributed by atoms with Gasteiger partial charge in [0.2, 0.25) is 0 Å². The molecule has 0 spiro atoms. The van der Waals surface area contributed by atoms with Crippen molar-refractivity contribution in [1.82, 2.24) is 10.5 Å². The summed E-state index contributed by atoms with van der Waals surface area (Å²) in [5.74, 6) is -0.290. The van der Waals surface area contributed by atoms with E-state index >= 15 is 0 Å². The molecule has 4 rings (SSSR count). The van der Waals surface area contributed by atoms with Gasteiger partial charge in [-0.05, 0) is 17.7 Å². The first-order chi connectivity index (χ1) is 13.3. The van der Waals surface area contributed by atoms with Gasteiger partial charge >= 0.3 is 0 Å². The number of carbonyl (C=O) groups excluding carboxylic acids is 1. The molecule has 132 valence electrons. The van der Waals surface area contributed by atoms with Crippen molar-refractivity contribution in [3.05, 3.63) is 102 Å². The van der Waals surface area contributed by atoms with E-state index in [2.05, 4.69) is 5.48 Å². The monoisotopic (exact) mass is 354 g/mol. The Hall–Kier alpha value is -3.50. The van der Waals surface area contributed by atoms with E-state index in [1.165, 1.54) is 0 Å². The van der Waals surface area contributed by atoms with Crippen molar-refractivity contribution in [2.45, 2.75) is 6.61 Å². The lowest BCUT2D eigenvalue weighted by atomic mass is 10.0. The van der Waals surface area contributed by atoms with E-state index in [-0.39, 0.29) is 5.91 Å². The number of amides is 1. The quantitative estimate of drug-likeness (QED) is 0.526. The number of nitrogens with zero attached hydrogens (tertiary/aromatic N) is 1. The van der Waals surface area contributed by atoms with Gasteiger partial charge in [0, 0.05) is 10.9 Å². The molecule has 4 nitrogen and oxygen atoms in total. The largest absolute Gasteiger partial charge is 0.275 e. The first-order valence-electron chi connectivity index (χ1n) is 8.72. The topological polar surface area (TPSA) is 51.2 Å². The minimum Gasteiger partial charge on any atom is -0.269 e. The molecule has 0 radical (unpaired) electrons. The van der Waals surface area contributed by atoms with E-state index < -0.39 is 0 Å². The van der Waals surface area contributed by atoms with Gasteiger partial charge in [0.05, 0.1) is 23.4 Å². The van der Waals surface area contributed by atoms with Gasteiger partial charge in [0.25, 0.3) is 5.91 Å². The molecule has 0 aliphatic rings. The Morgan fingerprint density at radius 2 is 1.52 bits per heavy atom. The van der Waals surface area contributed by atoms with Crippen molar-refractivity contribution < 1.29 is 9.63 Å². The number of aromatic nitrogens is 1. The van der Waals surface area contributed by atoms with Crippen molar-refractivity contribution in [3.8, 4) is 11.3 Å². The number of hydrogen-bond donors (Lipinski definition) is 1. The summed E-state index contributed by atoms with van der Waals surface area (Å²) in [5.41, 5.74) is 6.56. The van der Waals surface area contributed by atoms with Crippen LogP contribution >= 0.6 is 0 Å². The Morgan fingerprint density at radius 1 is 0.852 bits per heavy atom. The summed E-state index contributed by atoms with van der Waals surface area (Å²) in [6, 6.07) is 28.9. The molecular formula is C23H18N2O2. The first kappa shape index (κ1) is 16.9. The van der Waals surface area contributed by atoms with Gasteiger partial charge in [0.15, 0.2) is 0 Å². The van der Waals surface area contributed by atoms with Gasteiger partial charge in [-0.1, -0.05) is 78.9 Å². The summed E-state index contributed by atoms with van der Waals surface area (Å²) in [7, 11) is 0. The number of nitrogens with one attached hydrogen (secondary N) is 1. The molecule has 0 aliphatic carbocycles. The molecule has 3 aromatic carbocycles. The van der Waals surface area contributed by atoms with Crippen LogP contribution in [0.3, 0.4) is 0 Å². The lowest BCUT2D eigenvalue weighted by Gasteiger charge is -2.11. The Bertz CT molecular complexity index is 1060. The highest BCUT2D eigenvalue weighted by atomic mass is 16.6. The lowest BCUT2D eigenvalue weighted by Crippen LogP contribution is -2.24. The van der Waals surface area contributed by atoms with Crippen LogP contribution in [0.25, 0.3) is 22.2 Å². The first-order valence-corrected chi connectivity index (χ1v) is 8.72. The molecule has 1 N–H and O–H groups in total. The number of carbonyl (C=O) groups is 1. The van der Waals surface area contributed by atoms with E-state index in [1.54, 1.807) is 6.07 Å². The maximum absolute atomic E-state index is 12.8. The minimum absolute atomic E-state index is 0.290. The van der Waals surface area contributed by atoms with E-state index in [4.69, 9.17) is 9.82 Å². The fraction of sp³-hybridized carbons (Fsp3) is 0.0435. The van der Waals surface area contributed by atoms with Gasteiger partial charge in [-0.25, -0.2) is 10.5 Å². The number of hydroxylamine groups is 1. The van der Waals surface area contributed by atoms with Gasteiger partial charge in [-0.3, -0.25) is 9.63 Å². The van der Waals surface area contributed by atoms with E-state index in [1.807, 2.05) is 84.9 Å². The van der Waals surface area contributed by atoms with Crippen LogP contribution in [0.5, 0.6) is 0 Å². The van der Waals surface area contributed by atoms with Crippen LogP contribution in [0, 0.1) is 0 Å². The number of benzene rings is 3. The van der Waals surface area contributed by atoms with Gasteiger partial charge in [-0.2, -0.15) is 0 Å². The van der Waals surface area contributed by atoms with Crippen molar-refractivity contribution in [3.63, 3.8) is 0 Å². The van der Waals surface area contributed by atoms with Gasteiger partial charge < -0.3 is 0 Å². The Balaban J connectivity index is 1.62. The summed E-state index contributed by atoms with van der Waals surface area (Å²) in [6.45, 7) is 0.307. The van der Waals surface area contributed by atoms with Crippen LogP contribution in [0.2, 0.25) is 0 Å². The maximum atomic E-state index is 12.8. The van der Waals surface area contributed by atoms with Crippen LogP contribution < -0.4 is 5.48 Å². The highest BCUT2D eigenvalue weighted by Gasteiger charge is 2.14. The zero-order chi connectivity index (χ0) is 18.5. The molecule has 0 aliphatic heterocycles. The molecule has 1 amide bonds. The summed E-state index contributed by atoms with van der Waals surface area (Å²) in [5, 5.41) is 0.790. The maximum Gasteiger partial charge on any atom is 0.275 e. The fourth-order valence-corrected chi connectivity index (χ4v) is 2.93. The normalized spacial score (nSPS) is 10.7. The molecule has 27 heavy (non-hydrogen) atoms. The SMILES string of the molecule is O=C(NOCc1ccccc1)c1cc(-c2ccccc2)nc2ccccc12. The highest BCUT2D eigenvalue weighted by molar-refractivity contribution is 6.06. The van der Waals surface area contributed by atoms with Crippen molar-refractivity contribution >= 4 is 16.8 Å². The molecule has 1 heterocycles. The summed E-state index contributed by atoms with van der Waals surface area (Å²) in [4.78, 5) is 22.9. The van der Waals surface area contributed by atoms with E-state index in [0.717, 1.165) is 27.7 Å². The molecule has 0 unspecified atom stereocenters. The van der Waals surface area contributed by atoms with Gasteiger partial charge in [0.1, 0.15) is 0 Å². The molecule has 0 saturated carbocycles. The second-order valence-corrected chi connectivity index (χ2v) is 6.14. The van der Waals surface area contributed by atoms with Crippen LogP contribution in [-0.4, -0.2) is 10.9 Å². The molecule has 4 aromatic rings. The zero-order valence-electron chi connectivity index (χ0n) is 14.6. The van der Waals surface area contributed by atoms with Crippen LogP contribution in [0.4, 0.5) is 0 Å².